The lowest BCUT2D eigenvalue weighted by molar-refractivity contribution is -0.136. The van der Waals surface area contributed by atoms with E-state index in [1.807, 2.05) is 17.9 Å². The van der Waals surface area contributed by atoms with Gasteiger partial charge in [-0.3, -0.25) is 14.5 Å². The second-order valence-electron chi connectivity index (χ2n) is 7.39. The van der Waals surface area contributed by atoms with Gasteiger partial charge in [0.15, 0.2) is 0 Å². The number of halogens is 2. The van der Waals surface area contributed by atoms with E-state index < -0.39 is 0 Å². The van der Waals surface area contributed by atoms with Crippen LogP contribution in [0.3, 0.4) is 0 Å². The molecular weight excluding hydrogens is 376 g/mol. The molecule has 1 unspecified atom stereocenters. The highest BCUT2D eigenvalue weighted by Gasteiger charge is 2.25. The molecule has 5 nitrogen and oxygen atoms in total. The molecule has 0 aliphatic carbocycles. The Morgan fingerprint density at radius 2 is 1.69 bits per heavy atom. The molecule has 1 atom stereocenters. The molecule has 1 N–H and O–H groups in total. The van der Waals surface area contributed by atoms with Crippen LogP contribution in [-0.4, -0.2) is 54.3 Å². The molecule has 0 radical (unpaired) electrons. The van der Waals surface area contributed by atoms with Crippen LogP contribution in [0.15, 0.2) is 48.5 Å². The second kappa shape index (κ2) is 9.60. The molecule has 7 heteroatoms. The zero-order chi connectivity index (χ0) is 20.8. The van der Waals surface area contributed by atoms with Crippen LogP contribution in [0.25, 0.3) is 0 Å². The number of rotatable bonds is 6. The van der Waals surface area contributed by atoms with Crippen LogP contribution >= 0.6 is 0 Å². The molecule has 1 saturated heterocycles. The van der Waals surface area contributed by atoms with Crippen LogP contribution < -0.4 is 5.32 Å². The zero-order valence-electron chi connectivity index (χ0n) is 16.4. The molecule has 1 fully saturated rings. The van der Waals surface area contributed by atoms with Crippen LogP contribution in [-0.2, 0) is 16.0 Å². The number of anilines is 1. The molecule has 2 amide bonds. The summed E-state index contributed by atoms with van der Waals surface area (Å²) in [5.74, 6) is -1.00. The SMILES string of the molecule is CC(Cc1cccc(F)c1)C(=O)N1CCN(CC(=O)Nc2ccc(F)cc2)CC1. The lowest BCUT2D eigenvalue weighted by Gasteiger charge is -2.35. The normalized spacial score (nSPS) is 15.8. The smallest absolute Gasteiger partial charge is 0.238 e. The third-order valence-electron chi connectivity index (χ3n) is 5.03. The van der Waals surface area contributed by atoms with E-state index in [-0.39, 0.29) is 35.9 Å². The second-order valence-corrected chi connectivity index (χ2v) is 7.39. The van der Waals surface area contributed by atoms with Gasteiger partial charge in [0.2, 0.25) is 11.8 Å². The Morgan fingerprint density at radius 1 is 1.00 bits per heavy atom. The van der Waals surface area contributed by atoms with Gasteiger partial charge >= 0.3 is 0 Å². The molecular formula is C22H25F2N3O2. The summed E-state index contributed by atoms with van der Waals surface area (Å²) in [6.45, 7) is 4.39. The van der Waals surface area contributed by atoms with Crippen molar-refractivity contribution in [3.05, 3.63) is 65.7 Å². The summed E-state index contributed by atoms with van der Waals surface area (Å²) in [4.78, 5) is 28.6. The summed E-state index contributed by atoms with van der Waals surface area (Å²) >= 11 is 0. The minimum Gasteiger partial charge on any atom is -0.340 e. The maximum Gasteiger partial charge on any atom is 0.238 e. The summed E-state index contributed by atoms with van der Waals surface area (Å²) in [5, 5.41) is 2.74. The first-order valence-electron chi connectivity index (χ1n) is 9.72. The fourth-order valence-electron chi connectivity index (χ4n) is 3.48. The molecule has 0 bridgehead atoms. The van der Waals surface area contributed by atoms with Crippen molar-refractivity contribution >= 4 is 17.5 Å². The average Bonchev–Trinajstić information content (AvgIpc) is 2.70. The number of nitrogens with zero attached hydrogens (tertiary/aromatic N) is 2. The Bertz CT molecular complexity index is 849. The standard InChI is InChI=1S/C22H25F2N3O2/c1-16(13-17-3-2-4-19(24)14-17)22(29)27-11-9-26(10-12-27)15-21(28)25-20-7-5-18(23)6-8-20/h2-8,14,16H,9-13,15H2,1H3,(H,25,28). The number of amides is 2. The first kappa shape index (κ1) is 20.9. The predicted octanol–water partition coefficient (Wildman–Crippen LogP) is 2.93. The fraction of sp³-hybridized carbons (Fsp3) is 0.364. The van der Waals surface area contributed by atoms with Crippen LogP contribution in [0.4, 0.5) is 14.5 Å². The predicted molar refractivity (Wildman–Crippen MR) is 107 cm³/mol. The van der Waals surface area contributed by atoms with Crippen LogP contribution in [0.5, 0.6) is 0 Å². The Hall–Kier alpha value is -2.80. The summed E-state index contributed by atoms with van der Waals surface area (Å²) in [6, 6.07) is 12.0. The lowest BCUT2D eigenvalue weighted by Crippen LogP contribution is -2.51. The Morgan fingerprint density at radius 3 is 2.34 bits per heavy atom. The molecule has 154 valence electrons. The van der Waals surface area contributed by atoms with Gasteiger partial charge in [0.05, 0.1) is 6.54 Å². The number of carbonyl (C=O) groups is 2. The molecule has 1 aliphatic heterocycles. The van der Waals surface area contributed by atoms with Crippen molar-refractivity contribution in [2.24, 2.45) is 5.92 Å². The van der Waals surface area contributed by atoms with Gasteiger partial charge in [-0.15, -0.1) is 0 Å². The van der Waals surface area contributed by atoms with Gasteiger partial charge in [0, 0.05) is 37.8 Å². The molecule has 2 aromatic carbocycles. The number of piperazine rings is 1. The molecule has 0 spiro atoms. The van der Waals surface area contributed by atoms with E-state index >= 15 is 0 Å². The fourth-order valence-corrected chi connectivity index (χ4v) is 3.48. The van der Waals surface area contributed by atoms with Crippen molar-refractivity contribution in [2.45, 2.75) is 13.3 Å². The Kier molecular flexibility index (Phi) is 6.93. The number of carbonyl (C=O) groups excluding carboxylic acids is 2. The van der Waals surface area contributed by atoms with Crippen molar-refractivity contribution < 1.29 is 18.4 Å². The van der Waals surface area contributed by atoms with E-state index in [1.54, 1.807) is 11.0 Å². The summed E-state index contributed by atoms with van der Waals surface area (Å²) in [6.07, 6.45) is 0.497. The molecule has 1 heterocycles. The highest BCUT2D eigenvalue weighted by molar-refractivity contribution is 5.92. The van der Waals surface area contributed by atoms with Crippen LogP contribution in [0, 0.1) is 17.6 Å². The number of hydrogen-bond donors (Lipinski definition) is 1. The molecule has 0 saturated carbocycles. The summed E-state index contributed by atoms with van der Waals surface area (Å²) < 4.78 is 26.3. The molecule has 0 aromatic heterocycles. The zero-order valence-corrected chi connectivity index (χ0v) is 16.4. The summed E-state index contributed by atoms with van der Waals surface area (Å²) in [7, 11) is 0. The minimum atomic E-state index is -0.351. The van der Waals surface area contributed by atoms with Crippen molar-refractivity contribution in [2.75, 3.05) is 38.0 Å². The van der Waals surface area contributed by atoms with E-state index in [0.717, 1.165) is 5.56 Å². The highest BCUT2D eigenvalue weighted by atomic mass is 19.1. The van der Waals surface area contributed by atoms with Gasteiger partial charge in [-0.1, -0.05) is 19.1 Å². The van der Waals surface area contributed by atoms with E-state index in [9.17, 15) is 18.4 Å². The van der Waals surface area contributed by atoms with Gasteiger partial charge < -0.3 is 10.2 Å². The Balaban J connectivity index is 1.43. The van der Waals surface area contributed by atoms with Crippen molar-refractivity contribution in [3.8, 4) is 0 Å². The van der Waals surface area contributed by atoms with Crippen LogP contribution in [0.2, 0.25) is 0 Å². The number of benzene rings is 2. The van der Waals surface area contributed by atoms with E-state index in [4.69, 9.17) is 0 Å². The third kappa shape index (κ3) is 6.09. The number of nitrogens with one attached hydrogen (secondary N) is 1. The van der Waals surface area contributed by atoms with Gasteiger partial charge in [0.25, 0.3) is 0 Å². The van der Waals surface area contributed by atoms with Gasteiger partial charge in [-0.2, -0.15) is 0 Å². The van der Waals surface area contributed by atoms with Crippen molar-refractivity contribution in [1.82, 2.24) is 9.80 Å². The lowest BCUT2D eigenvalue weighted by atomic mass is 9.99. The van der Waals surface area contributed by atoms with Crippen molar-refractivity contribution in [3.63, 3.8) is 0 Å². The first-order chi connectivity index (χ1) is 13.9. The topological polar surface area (TPSA) is 52.7 Å². The summed E-state index contributed by atoms with van der Waals surface area (Å²) in [5.41, 5.74) is 1.36. The first-order valence-corrected chi connectivity index (χ1v) is 9.72. The highest BCUT2D eigenvalue weighted by Crippen LogP contribution is 2.15. The van der Waals surface area contributed by atoms with Crippen molar-refractivity contribution in [1.29, 1.82) is 0 Å². The average molecular weight is 401 g/mol. The van der Waals surface area contributed by atoms with Crippen LogP contribution in [0.1, 0.15) is 12.5 Å². The molecule has 29 heavy (non-hydrogen) atoms. The maximum atomic E-state index is 13.3. The maximum absolute atomic E-state index is 13.3. The van der Waals surface area contributed by atoms with E-state index in [2.05, 4.69) is 5.32 Å². The van der Waals surface area contributed by atoms with Gasteiger partial charge in [-0.05, 0) is 48.4 Å². The third-order valence-corrected chi connectivity index (χ3v) is 5.03. The monoisotopic (exact) mass is 401 g/mol. The van der Waals surface area contributed by atoms with E-state index in [1.165, 1.54) is 36.4 Å². The quantitative estimate of drug-likeness (QED) is 0.810. The Labute approximate surface area is 169 Å². The number of hydrogen-bond acceptors (Lipinski definition) is 3. The van der Waals surface area contributed by atoms with Gasteiger partial charge in [-0.25, -0.2) is 8.78 Å². The largest absolute Gasteiger partial charge is 0.340 e. The minimum absolute atomic E-state index is 0.0460. The molecule has 3 rings (SSSR count). The molecule has 2 aromatic rings. The molecule has 1 aliphatic rings. The van der Waals surface area contributed by atoms with E-state index in [0.29, 0.717) is 38.3 Å². The van der Waals surface area contributed by atoms with Gasteiger partial charge in [0.1, 0.15) is 11.6 Å².